The standard InChI is InChI=1S/C13H17N5O/c1-19-12-4-2-3-9(7-12)10-5-11(6-10)14-8-13-15-17-18-16-13/h2-4,7,10-11,14H,5-6,8H2,1H3,(H,15,16,17,18). The smallest absolute Gasteiger partial charge is 0.188 e. The molecule has 0 unspecified atom stereocenters. The van der Waals surface area contributed by atoms with Crippen molar-refractivity contribution in [2.75, 3.05) is 7.11 Å². The van der Waals surface area contributed by atoms with Gasteiger partial charge in [-0.3, -0.25) is 0 Å². The molecule has 100 valence electrons. The normalized spacial score (nSPS) is 21.9. The quantitative estimate of drug-likeness (QED) is 0.845. The number of methoxy groups -OCH3 is 1. The number of hydrogen-bond acceptors (Lipinski definition) is 5. The van der Waals surface area contributed by atoms with Gasteiger partial charge < -0.3 is 10.1 Å². The fraction of sp³-hybridized carbons (Fsp3) is 0.462. The number of ether oxygens (including phenoxy) is 1. The number of aromatic amines is 1. The minimum absolute atomic E-state index is 0.537. The summed E-state index contributed by atoms with van der Waals surface area (Å²) in [7, 11) is 1.70. The predicted molar refractivity (Wildman–Crippen MR) is 69.8 cm³/mol. The first-order valence-electron chi connectivity index (χ1n) is 6.45. The van der Waals surface area contributed by atoms with Crippen LogP contribution in [0.15, 0.2) is 24.3 Å². The van der Waals surface area contributed by atoms with Crippen molar-refractivity contribution in [1.29, 1.82) is 0 Å². The van der Waals surface area contributed by atoms with E-state index in [2.05, 4.69) is 38.1 Å². The highest BCUT2D eigenvalue weighted by molar-refractivity contribution is 5.32. The van der Waals surface area contributed by atoms with Crippen LogP contribution < -0.4 is 10.1 Å². The maximum atomic E-state index is 5.25. The van der Waals surface area contributed by atoms with E-state index in [9.17, 15) is 0 Å². The van der Waals surface area contributed by atoms with Gasteiger partial charge in [0, 0.05) is 6.04 Å². The van der Waals surface area contributed by atoms with E-state index in [1.165, 1.54) is 5.56 Å². The van der Waals surface area contributed by atoms with Gasteiger partial charge in [0.25, 0.3) is 0 Å². The molecule has 1 aliphatic carbocycles. The molecule has 1 aromatic heterocycles. The summed E-state index contributed by atoms with van der Waals surface area (Å²) in [6.45, 7) is 0.673. The molecule has 0 aliphatic heterocycles. The van der Waals surface area contributed by atoms with E-state index in [-0.39, 0.29) is 0 Å². The van der Waals surface area contributed by atoms with Crippen molar-refractivity contribution < 1.29 is 4.74 Å². The fourth-order valence-electron chi connectivity index (χ4n) is 2.45. The summed E-state index contributed by atoms with van der Waals surface area (Å²) in [5, 5.41) is 17.3. The van der Waals surface area contributed by atoms with Crippen LogP contribution in [0.3, 0.4) is 0 Å². The Morgan fingerprint density at radius 1 is 1.42 bits per heavy atom. The molecule has 1 saturated carbocycles. The van der Waals surface area contributed by atoms with Crippen molar-refractivity contribution >= 4 is 0 Å². The Labute approximate surface area is 111 Å². The number of tetrazole rings is 1. The molecule has 0 spiro atoms. The number of rotatable bonds is 5. The number of hydrogen-bond donors (Lipinski definition) is 2. The highest BCUT2D eigenvalue weighted by Gasteiger charge is 2.30. The molecule has 0 saturated heterocycles. The van der Waals surface area contributed by atoms with Crippen LogP contribution in [0.25, 0.3) is 0 Å². The number of benzene rings is 1. The van der Waals surface area contributed by atoms with Crippen LogP contribution in [0.4, 0.5) is 0 Å². The molecule has 2 N–H and O–H groups in total. The van der Waals surface area contributed by atoms with Gasteiger partial charge in [0.05, 0.1) is 13.7 Å². The molecule has 0 bridgehead atoms. The maximum absolute atomic E-state index is 5.25. The van der Waals surface area contributed by atoms with Gasteiger partial charge >= 0.3 is 0 Å². The lowest BCUT2D eigenvalue weighted by atomic mass is 9.76. The summed E-state index contributed by atoms with van der Waals surface area (Å²) in [6, 6.07) is 8.86. The SMILES string of the molecule is COc1cccc(C2CC(NCc3nn[nH]n3)C2)c1. The Morgan fingerprint density at radius 2 is 2.32 bits per heavy atom. The van der Waals surface area contributed by atoms with E-state index >= 15 is 0 Å². The van der Waals surface area contributed by atoms with Gasteiger partial charge in [-0.15, -0.1) is 10.2 Å². The van der Waals surface area contributed by atoms with Crippen LogP contribution >= 0.6 is 0 Å². The van der Waals surface area contributed by atoms with Crippen LogP contribution in [0.5, 0.6) is 5.75 Å². The first-order chi connectivity index (χ1) is 9.35. The summed E-state index contributed by atoms with van der Waals surface area (Å²) in [5.41, 5.74) is 1.36. The van der Waals surface area contributed by atoms with Crippen molar-refractivity contribution in [2.24, 2.45) is 0 Å². The summed E-state index contributed by atoms with van der Waals surface area (Å²) in [6.07, 6.45) is 2.29. The second-order valence-electron chi connectivity index (χ2n) is 4.85. The van der Waals surface area contributed by atoms with E-state index in [4.69, 9.17) is 4.74 Å². The highest BCUT2D eigenvalue weighted by Crippen LogP contribution is 2.37. The zero-order valence-corrected chi connectivity index (χ0v) is 10.8. The van der Waals surface area contributed by atoms with E-state index < -0.39 is 0 Å². The van der Waals surface area contributed by atoms with Crippen molar-refractivity contribution in [3.05, 3.63) is 35.7 Å². The van der Waals surface area contributed by atoms with E-state index in [1.807, 2.05) is 12.1 Å². The second-order valence-corrected chi connectivity index (χ2v) is 4.85. The highest BCUT2D eigenvalue weighted by atomic mass is 16.5. The van der Waals surface area contributed by atoms with Crippen molar-refractivity contribution in [3.8, 4) is 5.75 Å². The largest absolute Gasteiger partial charge is 0.497 e. The third-order valence-corrected chi connectivity index (χ3v) is 3.64. The lowest BCUT2D eigenvalue weighted by Crippen LogP contribution is -2.39. The lowest BCUT2D eigenvalue weighted by molar-refractivity contribution is 0.287. The predicted octanol–water partition coefficient (Wildman–Crippen LogP) is 1.24. The minimum Gasteiger partial charge on any atom is -0.497 e. The second kappa shape index (κ2) is 5.36. The summed E-state index contributed by atoms with van der Waals surface area (Å²) in [5.74, 6) is 2.27. The first-order valence-corrected chi connectivity index (χ1v) is 6.45. The van der Waals surface area contributed by atoms with E-state index in [1.54, 1.807) is 7.11 Å². The van der Waals surface area contributed by atoms with Crippen molar-refractivity contribution in [2.45, 2.75) is 31.3 Å². The van der Waals surface area contributed by atoms with Crippen molar-refractivity contribution in [3.63, 3.8) is 0 Å². The molecule has 6 heteroatoms. The van der Waals surface area contributed by atoms with Gasteiger partial charge in [-0.1, -0.05) is 17.3 Å². The molecule has 0 atom stereocenters. The van der Waals surface area contributed by atoms with Crippen LogP contribution in [-0.2, 0) is 6.54 Å². The van der Waals surface area contributed by atoms with Gasteiger partial charge in [-0.2, -0.15) is 5.21 Å². The van der Waals surface area contributed by atoms with Gasteiger partial charge in [-0.25, -0.2) is 0 Å². The Bertz CT molecular complexity index is 522. The summed E-state index contributed by atoms with van der Waals surface area (Å²) in [4.78, 5) is 0. The zero-order chi connectivity index (χ0) is 13.1. The van der Waals surface area contributed by atoms with E-state index in [0.29, 0.717) is 24.3 Å². The summed E-state index contributed by atoms with van der Waals surface area (Å²) < 4.78 is 5.25. The minimum atomic E-state index is 0.537. The lowest BCUT2D eigenvalue weighted by Gasteiger charge is -2.36. The Hall–Kier alpha value is -1.95. The Morgan fingerprint density at radius 3 is 3.05 bits per heavy atom. The topological polar surface area (TPSA) is 75.7 Å². The zero-order valence-electron chi connectivity index (χ0n) is 10.8. The van der Waals surface area contributed by atoms with Gasteiger partial charge in [0.1, 0.15) is 5.75 Å². The van der Waals surface area contributed by atoms with Crippen molar-refractivity contribution in [1.82, 2.24) is 25.9 Å². The first kappa shape index (κ1) is 12.1. The summed E-state index contributed by atoms with van der Waals surface area (Å²) >= 11 is 0. The third-order valence-electron chi connectivity index (χ3n) is 3.64. The fourth-order valence-corrected chi connectivity index (χ4v) is 2.45. The van der Waals surface area contributed by atoms with Gasteiger partial charge in [0.2, 0.25) is 0 Å². The number of aromatic nitrogens is 4. The molecule has 0 amide bonds. The Kier molecular flexibility index (Phi) is 3.41. The van der Waals surface area contributed by atoms with E-state index in [0.717, 1.165) is 18.6 Å². The average molecular weight is 259 g/mol. The monoisotopic (exact) mass is 259 g/mol. The molecule has 1 aromatic carbocycles. The molecule has 0 radical (unpaired) electrons. The number of nitrogens with one attached hydrogen (secondary N) is 2. The number of H-pyrrole nitrogens is 1. The molecule has 1 fully saturated rings. The van der Waals surface area contributed by atoms with Crippen LogP contribution in [0, 0.1) is 0 Å². The van der Waals surface area contributed by atoms with Crippen LogP contribution in [0.1, 0.15) is 30.1 Å². The molecule has 1 aliphatic rings. The number of nitrogens with zero attached hydrogens (tertiary/aromatic N) is 3. The Balaban J connectivity index is 1.49. The van der Waals surface area contributed by atoms with Crippen LogP contribution in [-0.4, -0.2) is 33.8 Å². The molecular weight excluding hydrogens is 242 g/mol. The van der Waals surface area contributed by atoms with Gasteiger partial charge in [0.15, 0.2) is 5.82 Å². The maximum Gasteiger partial charge on any atom is 0.188 e. The third kappa shape index (κ3) is 2.73. The molecule has 6 nitrogen and oxygen atoms in total. The molecular formula is C13H17N5O. The molecule has 3 rings (SSSR count). The molecule has 2 aromatic rings. The van der Waals surface area contributed by atoms with Gasteiger partial charge in [-0.05, 0) is 36.5 Å². The molecule has 1 heterocycles. The van der Waals surface area contributed by atoms with Crippen LogP contribution in [0.2, 0.25) is 0 Å². The average Bonchev–Trinajstić information content (AvgIpc) is 2.90. The molecule has 19 heavy (non-hydrogen) atoms.